The van der Waals surface area contributed by atoms with Crippen molar-refractivity contribution >= 4 is 0 Å². The minimum absolute atomic E-state index is 0.266. The average molecular weight is 200 g/mol. The van der Waals surface area contributed by atoms with Gasteiger partial charge in [0.2, 0.25) is 0 Å². The number of hydrogen-bond acceptors (Lipinski definition) is 3. The summed E-state index contributed by atoms with van der Waals surface area (Å²) in [7, 11) is 0. The molecule has 0 spiro atoms. The van der Waals surface area contributed by atoms with Crippen LogP contribution in [0.1, 0.15) is 33.1 Å². The Morgan fingerprint density at radius 2 is 2.21 bits per heavy atom. The van der Waals surface area contributed by atoms with Gasteiger partial charge in [-0.1, -0.05) is 13.8 Å². The van der Waals surface area contributed by atoms with E-state index in [1.807, 2.05) is 0 Å². The van der Waals surface area contributed by atoms with Gasteiger partial charge in [0, 0.05) is 18.6 Å². The summed E-state index contributed by atoms with van der Waals surface area (Å²) in [5, 5.41) is 9.15. The van der Waals surface area contributed by atoms with Gasteiger partial charge in [0.05, 0.1) is 6.61 Å². The summed E-state index contributed by atoms with van der Waals surface area (Å²) in [5.74, 6) is 0.667. The van der Waals surface area contributed by atoms with Crippen LogP contribution in [0.4, 0.5) is 0 Å². The molecular weight excluding hydrogens is 176 g/mol. The van der Waals surface area contributed by atoms with Crippen molar-refractivity contribution in [3.05, 3.63) is 0 Å². The Bertz CT molecular complexity index is 161. The van der Waals surface area contributed by atoms with Gasteiger partial charge in [-0.3, -0.25) is 4.90 Å². The highest BCUT2D eigenvalue weighted by Gasteiger charge is 2.24. The highest BCUT2D eigenvalue weighted by atomic mass is 16.3. The van der Waals surface area contributed by atoms with E-state index in [0.717, 1.165) is 25.9 Å². The van der Waals surface area contributed by atoms with Crippen LogP contribution in [0.2, 0.25) is 0 Å². The molecular formula is C11H24N2O. The Labute approximate surface area is 87.3 Å². The smallest absolute Gasteiger partial charge is 0.0586 e. The molecule has 1 heterocycles. The minimum Gasteiger partial charge on any atom is -0.395 e. The molecule has 0 amide bonds. The molecule has 0 bridgehead atoms. The van der Waals surface area contributed by atoms with E-state index in [1.54, 1.807) is 0 Å². The van der Waals surface area contributed by atoms with E-state index in [1.165, 1.54) is 6.42 Å². The van der Waals surface area contributed by atoms with Crippen molar-refractivity contribution in [2.75, 3.05) is 19.7 Å². The van der Waals surface area contributed by atoms with E-state index in [2.05, 4.69) is 18.7 Å². The second-order valence-electron chi connectivity index (χ2n) is 4.86. The van der Waals surface area contributed by atoms with E-state index in [-0.39, 0.29) is 12.6 Å². The highest BCUT2D eigenvalue weighted by molar-refractivity contribution is 4.81. The fourth-order valence-electron chi connectivity index (χ4n) is 2.32. The van der Waals surface area contributed by atoms with Gasteiger partial charge in [0.15, 0.2) is 0 Å². The summed E-state index contributed by atoms with van der Waals surface area (Å²) in [6.07, 6.45) is 3.42. The first kappa shape index (κ1) is 12.0. The van der Waals surface area contributed by atoms with Gasteiger partial charge >= 0.3 is 0 Å². The van der Waals surface area contributed by atoms with E-state index in [9.17, 15) is 0 Å². The van der Waals surface area contributed by atoms with Crippen LogP contribution in [0, 0.1) is 5.92 Å². The number of aliphatic hydroxyl groups is 1. The summed E-state index contributed by atoms with van der Waals surface area (Å²) < 4.78 is 0. The zero-order chi connectivity index (χ0) is 10.6. The van der Waals surface area contributed by atoms with Crippen LogP contribution >= 0.6 is 0 Å². The predicted molar refractivity (Wildman–Crippen MR) is 59.1 cm³/mol. The van der Waals surface area contributed by atoms with Crippen molar-refractivity contribution < 1.29 is 5.11 Å². The molecule has 0 aromatic carbocycles. The Hall–Kier alpha value is -0.120. The van der Waals surface area contributed by atoms with Gasteiger partial charge in [-0.05, 0) is 31.7 Å². The van der Waals surface area contributed by atoms with Crippen molar-refractivity contribution in [3.8, 4) is 0 Å². The molecule has 0 saturated carbocycles. The molecule has 3 heteroatoms. The fraction of sp³-hybridized carbons (Fsp3) is 1.00. The quantitative estimate of drug-likeness (QED) is 0.690. The molecule has 1 rings (SSSR count). The molecule has 0 radical (unpaired) electrons. The third kappa shape index (κ3) is 3.56. The Morgan fingerprint density at radius 1 is 1.50 bits per heavy atom. The first-order valence-corrected chi connectivity index (χ1v) is 5.74. The van der Waals surface area contributed by atoms with Crippen molar-refractivity contribution in [1.29, 1.82) is 0 Å². The second kappa shape index (κ2) is 5.69. The van der Waals surface area contributed by atoms with Crippen LogP contribution in [-0.2, 0) is 0 Å². The van der Waals surface area contributed by atoms with Gasteiger partial charge in [0.25, 0.3) is 0 Å². The lowest BCUT2D eigenvalue weighted by Gasteiger charge is -2.26. The third-order valence-corrected chi connectivity index (χ3v) is 2.95. The number of likely N-dealkylation sites (tertiary alicyclic amines) is 1. The number of nitrogens with two attached hydrogens (primary N) is 1. The monoisotopic (exact) mass is 200 g/mol. The van der Waals surface area contributed by atoms with E-state index in [0.29, 0.717) is 12.0 Å². The molecule has 1 saturated heterocycles. The Kier molecular flexibility index (Phi) is 4.85. The molecule has 14 heavy (non-hydrogen) atoms. The summed E-state index contributed by atoms with van der Waals surface area (Å²) in [5.41, 5.74) is 6.05. The molecule has 0 aromatic heterocycles. The Morgan fingerprint density at radius 3 is 2.79 bits per heavy atom. The van der Waals surface area contributed by atoms with Crippen molar-refractivity contribution in [1.82, 2.24) is 4.90 Å². The van der Waals surface area contributed by atoms with Gasteiger partial charge in [-0.15, -0.1) is 0 Å². The minimum atomic E-state index is 0.266. The number of hydrogen-bond donors (Lipinski definition) is 2. The van der Waals surface area contributed by atoms with E-state index in [4.69, 9.17) is 10.8 Å². The first-order chi connectivity index (χ1) is 6.63. The topological polar surface area (TPSA) is 49.5 Å². The van der Waals surface area contributed by atoms with Crippen molar-refractivity contribution in [3.63, 3.8) is 0 Å². The second-order valence-corrected chi connectivity index (χ2v) is 4.86. The van der Waals surface area contributed by atoms with Crippen LogP contribution in [0.25, 0.3) is 0 Å². The van der Waals surface area contributed by atoms with Crippen LogP contribution in [0.5, 0.6) is 0 Å². The number of rotatable bonds is 5. The SMILES string of the molecule is CC(C)C[C@H](N)CN1CCC[C@H]1CO. The molecule has 1 aliphatic heterocycles. The highest BCUT2D eigenvalue weighted by Crippen LogP contribution is 2.17. The van der Waals surface area contributed by atoms with Crippen molar-refractivity contribution in [2.45, 2.75) is 45.2 Å². The van der Waals surface area contributed by atoms with Crippen LogP contribution in [0.15, 0.2) is 0 Å². The Balaban J connectivity index is 2.28. The number of nitrogens with zero attached hydrogens (tertiary/aromatic N) is 1. The first-order valence-electron chi connectivity index (χ1n) is 5.74. The molecule has 0 aromatic rings. The molecule has 1 aliphatic rings. The van der Waals surface area contributed by atoms with Crippen LogP contribution < -0.4 is 5.73 Å². The fourth-order valence-corrected chi connectivity index (χ4v) is 2.32. The van der Waals surface area contributed by atoms with Gasteiger partial charge in [0.1, 0.15) is 0 Å². The van der Waals surface area contributed by atoms with Crippen LogP contribution in [0.3, 0.4) is 0 Å². The standard InChI is InChI=1S/C11H24N2O/c1-9(2)6-10(12)7-13-5-3-4-11(13)8-14/h9-11,14H,3-8,12H2,1-2H3/t10-,11-/m0/s1. The van der Waals surface area contributed by atoms with Gasteiger partial charge in [-0.2, -0.15) is 0 Å². The van der Waals surface area contributed by atoms with Gasteiger partial charge in [-0.25, -0.2) is 0 Å². The average Bonchev–Trinajstić information content (AvgIpc) is 2.50. The molecule has 3 nitrogen and oxygen atoms in total. The summed E-state index contributed by atoms with van der Waals surface area (Å²) in [4.78, 5) is 2.34. The molecule has 0 unspecified atom stereocenters. The zero-order valence-electron chi connectivity index (χ0n) is 9.45. The third-order valence-electron chi connectivity index (χ3n) is 2.95. The largest absolute Gasteiger partial charge is 0.395 e. The van der Waals surface area contributed by atoms with E-state index >= 15 is 0 Å². The van der Waals surface area contributed by atoms with Crippen molar-refractivity contribution in [2.24, 2.45) is 11.7 Å². The molecule has 0 aliphatic carbocycles. The maximum Gasteiger partial charge on any atom is 0.0586 e. The predicted octanol–water partition coefficient (Wildman–Crippen LogP) is 0.817. The molecule has 2 atom stereocenters. The van der Waals surface area contributed by atoms with Crippen LogP contribution in [-0.4, -0.2) is 41.8 Å². The lowest BCUT2D eigenvalue weighted by Crippen LogP contribution is -2.42. The number of aliphatic hydroxyl groups excluding tert-OH is 1. The molecule has 84 valence electrons. The summed E-state index contributed by atoms with van der Waals surface area (Å²) >= 11 is 0. The summed E-state index contributed by atoms with van der Waals surface area (Å²) in [6, 6.07) is 0.635. The van der Waals surface area contributed by atoms with Gasteiger partial charge < -0.3 is 10.8 Å². The maximum absolute atomic E-state index is 9.15. The summed E-state index contributed by atoms with van der Waals surface area (Å²) in [6.45, 7) is 6.75. The normalized spacial score (nSPS) is 25.9. The molecule has 3 N–H and O–H groups in total. The lowest BCUT2D eigenvalue weighted by atomic mass is 10.0. The molecule has 1 fully saturated rings. The maximum atomic E-state index is 9.15. The lowest BCUT2D eigenvalue weighted by molar-refractivity contribution is 0.150. The van der Waals surface area contributed by atoms with E-state index < -0.39 is 0 Å². The zero-order valence-corrected chi connectivity index (χ0v) is 9.45.